The van der Waals surface area contributed by atoms with E-state index in [1.807, 2.05) is 31.2 Å². The Hall–Kier alpha value is -2.67. The number of nitrogens with zero attached hydrogens (tertiary/aromatic N) is 3. The number of nitrogens with two attached hydrogens (primary N) is 1. The molecule has 0 aliphatic rings. The zero-order chi connectivity index (χ0) is 13.4. The molecular formula is C13H16N6O. The van der Waals surface area contributed by atoms with Gasteiger partial charge in [0.1, 0.15) is 17.1 Å². The number of rotatable bonds is 2. The van der Waals surface area contributed by atoms with Gasteiger partial charge in [0.25, 0.3) is 0 Å². The van der Waals surface area contributed by atoms with Gasteiger partial charge < -0.3 is 21.6 Å². The van der Waals surface area contributed by atoms with Crippen molar-refractivity contribution < 1.29 is 4.74 Å². The number of aromatic nitrogens is 4. The van der Waals surface area contributed by atoms with Crippen LogP contribution in [0.25, 0.3) is 22.6 Å². The predicted octanol–water partition coefficient (Wildman–Crippen LogP) is 2.08. The van der Waals surface area contributed by atoms with Gasteiger partial charge in [0.05, 0.1) is 12.8 Å². The highest BCUT2D eigenvalue weighted by atomic mass is 16.5. The first-order valence-corrected chi connectivity index (χ1v) is 5.81. The molecule has 0 saturated carbocycles. The zero-order valence-electron chi connectivity index (χ0n) is 11.3. The minimum Gasteiger partial charge on any atom is -0.497 e. The lowest BCUT2D eigenvalue weighted by molar-refractivity contribution is 0.415. The Morgan fingerprint density at radius 3 is 2.45 bits per heavy atom. The molecule has 6 N–H and O–H groups in total. The van der Waals surface area contributed by atoms with Crippen LogP contribution in [0.3, 0.4) is 0 Å². The third-order valence-corrected chi connectivity index (χ3v) is 2.90. The third kappa shape index (κ3) is 2.26. The van der Waals surface area contributed by atoms with E-state index in [4.69, 9.17) is 10.5 Å². The summed E-state index contributed by atoms with van der Waals surface area (Å²) in [6.45, 7) is 1.86. The van der Waals surface area contributed by atoms with Gasteiger partial charge in [0.2, 0.25) is 5.95 Å². The SMILES string of the molecule is COc1ccc(-c2nc3c(C)nc(N)nc3[nH]2)cc1.N. The summed E-state index contributed by atoms with van der Waals surface area (Å²) in [5.74, 6) is 1.79. The number of methoxy groups -OCH3 is 1. The van der Waals surface area contributed by atoms with E-state index in [9.17, 15) is 0 Å². The molecule has 2 heterocycles. The summed E-state index contributed by atoms with van der Waals surface area (Å²) in [5, 5.41) is 0. The Balaban J connectivity index is 0.00000147. The van der Waals surface area contributed by atoms with Crippen LogP contribution in [0.2, 0.25) is 0 Å². The predicted molar refractivity (Wildman–Crippen MR) is 77.8 cm³/mol. The molecule has 0 atom stereocenters. The molecule has 0 radical (unpaired) electrons. The van der Waals surface area contributed by atoms with E-state index in [1.165, 1.54) is 0 Å². The van der Waals surface area contributed by atoms with E-state index in [-0.39, 0.29) is 12.1 Å². The van der Waals surface area contributed by atoms with Crippen molar-refractivity contribution in [3.8, 4) is 17.1 Å². The van der Waals surface area contributed by atoms with E-state index < -0.39 is 0 Å². The van der Waals surface area contributed by atoms with Gasteiger partial charge in [0.15, 0.2) is 5.65 Å². The lowest BCUT2D eigenvalue weighted by atomic mass is 10.2. The highest BCUT2D eigenvalue weighted by Gasteiger charge is 2.10. The average molecular weight is 272 g/mol. The van der Waals surface area contributed by atoms with Gasteiger partial charge in [-0.1, -0.05) is 0 Å². The maximum Gasteiger partial charge on any atom is 0.222 e. The molecule has 3 rings (SSSR count). The molecule has 7 heteroatoms. The molecule has 0 spiro atoms. The van der Waals surface area contributed by atoms with Crippen LogP contribution in [0.1, 0.15) is 5.69 Å². The number of aryl methyl sites for hydroxylation is 1. The number of anilines is 1. The maximum absolute atomic E-state index is 5.62. The summed E-state index contributed by atoms with van der Waals surface area (Å²) in [5.41, 5.74) is 8.73. The van der Waals surface area contributed by atoms with Crippen LogP contribution in [0.15, 0.2) is 24.3 Å². The van der Waals surface area contributed by atoms with Crippen LogP contribution in [-0.4, -0.2) is 27.0 Å². The van der Waals surface area contributed by atoms with Gasteiger partial charge in [-0.15, -0.1) is 0 Å². The molecule has 0 aliphatic heterocycles. The summed E-state index contributed by atoms with van der Waals surface area (Å²) >= 11 is 0. The Kier molecular flexibility index (Phi) is 3.53. The first-order valence-electron chi connectivity index (χ1n) is 5.81. The molecule has 0 bridgehead atoms. The Labute approximate surface area is 115 Å². The molecule has 20 heavy (non-hydrogen) atoms. The molecule has 104 valence electrons. The molecule has 2 aromatic heterocycles. The van der Waals surface area contributed by atoms with Crippen LogP contribution in [-0.2, 0) is 0 Å². The smallest absolute Gasteiger partial charge is 0.222 e. The number of H-pyrrole nitrogens is 1. The second-order valence-corrected chi connectivity index (χ2v) is 4.18. The summed E-state index contributed by atoms with van der Waals surface area (Å²) in [6, 6.07) is 7.64. The van der Waals surface area contributed by atoms with E-state index in [0.29, 0.717) is 5.65 Å². The molecule has 0 aliphatic carbocycles. The van der Waals surface area contributed by atoms with Gasteiger partial charge in [-0.2, -0.15) is 4.98 Å². The quantitative estimate of drug-likeness (QED) is 0.655. The minimum atomic E-state index is 0. The number of ether oxygens (including phenoxy) is 1. The first-order chi connectivity index (χ1) is 9.17. The standard InChI is InChI=1S/C13H13N5O.H3N/c1-7-10-12(18-13(14)15-7)17-11(16-10)8-3-5-9(19-2)6-4-8;/h3-6H,1-2H3,(H3,14,15,16,17,18);1H3. The summed E-state index contributed by atoms with van der Waals surface area (Å²) in [4.78, 5) is 15.9. The van der Waals surface area contributed by atoms with Crippen molar-refractivity contribution in [1.29, 1.82) is 0 Å². The van der Waals surface area contributed by atoms with Crippen molar-refractivity contribution in [2.75, 3.05) is 12.8 Å². The lowest BCUT2D eigenvalue weighted by Crippen LogP contribution is -1.96. The van der Waals surface area contributed by atoms with E-state index in [1.54, 1.807) is 7.11 Å². The highest BCUT2D eigenvalue weighted by molar-refractivity contribution is 5.78. The molecular weight excluding hydrogens is 256 g/mol. The lowest BCUT2D eigenvalue weighted by Gasteiger charge is -2.00. The van der Waals surface area contributed by atoms with Gasteiger partial charge in [-0.05, 0) is 31.2 Å². The Bertz CT molecular complexity index is 734. The van der Waals surface area contributed by atoms with Crippen molar-refractivity contribution in [3.05, 3.63) is 30.0 Å². The fraction of sp³-hybridized carbons (Fsp3) is 0.154. The van der Waals surface area contributed by atoms with Crippen LogP contribution in [0, 0.1) is 6.92 Å². The van der Waals surface area contributed by atoms with Crippen LogP contribution in [0.4, 0.5) is 5.95 Å². The van der Waals surface area contributed by atoms with Gasteiger partial charge >= 0.3 is 0 Å². The molecule has 0 fully saturated rings. The minimum absolute atomic E-state index is 0. The molecule has 0 unspecified atom stereocenters. The van der Waals surface area contributed by atoms with Crippen molar-refractivity contribution in [1.82, 2.24) is 26.1 Å². The zero-order valence-corrected chi connectivity index (χ0v) is 11.3. The molecule has 7 nitrogen and oxygen atoms in total. The number of nitrogens with one attached hydrogen (secondary N) is 1. The Morgan fingerprint density at radius 2 is 1.80 bits per heavy atom. The van der Waals surface area contributed by atoms with Gasteiger partial charge in [-0.25, -0.2) is 9.97 Å². The topological polar surface area (TPSA) is 125 Å². The van der Waals surface area contributed by atoms with E-state index in [2.05, 4.69) is 19.9 Å². The largest absolute Gasteiger partial charge is 0.497 e. The molecule has 0 amide bonds. The maximum atomic E-state index is 5.62. The Morgan fingerprint density at radius 1 is 1.10 bits per heavy atom. The summed E-state index contributed by atoms with van der Waals surface area (Å²) in [7, 11) is 1.64. The second-order valence-electron chi connectivity index (χ2n) is 4.18. The fourth-order valence-corrected chi connectivity index (χ4v) is 1.95. The number of fused-ring (bicyclic) bond motifs is 1. The number of benzene rings is 1. The second kappa shape index (κ2) is 5.14. The summed E-state index contributed by atoms with van der Waals surface area (Å²) in [6.07, 6.45) is 0. The number of hydrogen-bond acceptors (Lipinski definition) is 6. The van der Waals surface area contributed by atoms with Crippen LogP contribution < -0.4 is 16.6 Å². The first kappa shape index (κ1) is 13.8. The molecule has 3 aromatic rings. The number of aromatic amines is 1. The highest BCUT2D eigenvalue weighted by Crippen LogP contribution is 2.23. The van der Waals surface area contributed by atoms with Crippen LogP contribution >= 0.6 is 0 Å². The van der Waals surface area contributed by atoms with Crippen molar-refractivity contribution in [2.24, 2.45) is 0 Å². The molecule has 1 aromatic carbocycles. The van der Waals surface area contributed by atoms with Crippen molar-refractivity contribution >= 4 is 17.1 Å². The third-order valence-electron chi connectivity index (χ3n) is 2.90. The van der Waals surface area contributed by atoms with Gasteiger partial charge in [-0.3, -0.25) is 0 Å². The van der Waals surface area contributed by atoms with E-state index in [0.717, 1.165) is 28.3 Å². The number of hydrogen-bond donors (Lipinski definition) is 3. The van der Waals surface area contributed by atoms with Crippen molar-refractivity contribution in [2.45, 2.75) is 6.92 Å². The monoisotopic (exact) mass is 272 g/mol. The summed E-state index contributed by atoms with van der Waals surface area (Å²) < 4.78 is 5.13. The number of imidazole rings is 1. The van der Waals surface area contributed by atoms with E-state index >= 15 is 0 Å². The normalized spacial score (nSPS) is 10.3. The van der Waals surface area contributed by atoms with Gasteiger partial charge in [0, 0.05) is 5.56 Å². The number of nitrogen functional groups attached to an aromatic ring is 1. The molecule has 0 saturated heterocycles. The van der Waals surface area contributed by atoms with Crippen LogP contribution in [0.5, 0.6) is 5.75 Å². The average Bonchev–Trinajstić information content (AvgIpc) is 2.83. The van der Waals surface area contributed by atoms with Crippen molar-refractivity contribution in [3.63, 3.8) is 0 Å². The fourth-order valence-electron chi connectivity index (χ4n) is 1.95.